The maximum absolute atomic E-state index is 5.09. The first-order chi connectivity index (χ1) is 22.8. The van der Waals surface area contributed by atoms with Gasteiger partial charge in [-0.3, -0.25) is 9.80 Å². The van der Waals surface area contributed by atoms with Crippen molar-refractivity contribution in [2.75, 3.05) is 57.3 Å². The van der Waals surface area contributed by atoms with Crippen LogP contribution in [0.25, 0.3) is 16.8 Å². The van der Waals surface area contributed by atoms with Gasteiger partial charge < -0.3 is 10.2 Å². The molecule has 6 heteroatoms. The number of piperidine rings is 1. The van der Waals surface area contributed by atoms with Crippen LogP contribution in [-0.2, 0) is 6.54 Å². The number of nitrogens with zero attached hydrogens (tertiary/aromatic N) is 5. The molecule has 0 amide bonds. The summed E-state index contributed by atoms with van der Waals surface area (Å²) in [6, 6.07) is 41.8. The van der Waals surface area contributed by atoms with Crippen LogP contribution in [0.1, 0.15) is 42.1 Å². The molecular formula is C40H46N6. The predicted molar refractivity (Wildman–Crippen MR) is 190 cm³/mol. The van der Waals surface area contributed by atoms with Crippen molar-refractivity contribution >= 4 is 5.69 Å². The van der Waals surface area contributed by atoms with E-state index in [1.807, 2.05) is 4.68 Å². The van der Waals surface area contributed by atoms with Crippen LogP contribution >= 0.6 is 0 Å². The second-order valence-electron chi connectivity index (χ2n) is 12.6. The molecule has 0 radical (unpaired) electrons. The summed E-state index contributed by atoms with van der Waals surface area (Å²) >= 11 is 0. The van der Waals surface area contributed by atoms with E-state index in [0.717, 1.165) is 70.3 Å². The summed E-state index contributed by atoms with van der Waals surface area (Å²) in [6.45, 7) is 9.29. The molecule has 0 bridgehead atoms. The Kier molecular flexibility index (Phi) is 9.86. The Balaban J connectivity index is 0.991. The molecule has 0 atom stereocenters. The summed E-state index contributed by atoms with van der Waals surface area (Å²) in [4.78, 5) is 7.78. The van der Waals surface area contributed by atoms with Crippen molar-refractivity contribution in [1.82, 2.24) is 24.9 Å². The van der Waals surface area contributed by atoms with Gasteiger partial charge in [-0.15, -0.1) is 0 Å². The number of aromatic nitrogens is 2. The smallest absolute Gasteiger partial charge is 0.0845 e. The second kappa shape index (κ2) is 14.9. The zero-order valence-corrected chi connectivity index (χ0v) is 26.8. The average molecular weight is 611 g/mol. The molecular weight excluding hydrogens is 564 g/mol. The Labute approximate surface area is 274 Å². The fraction of sp³-hybridized carbons (Fsp3) is 0.325. The lowest BCUT2D eigenvalue weighted by atomic mass is 9.96. The first-order valence-electron chi connectivity index (χ1n) is 17.1. The van der Waals surface area contributed by atoms with Crippen LogP contribution in [0.3, 0.4) is 0 Å². The van der Waals surface area contributed by atoms with Crippen molar-refractivity contribution < 1.29 is 0 Å². The van der Waals surface area contributed by atoms with E-state index in [0.29, 0.717) is 6.04 Å². The Morgan fingerprint density at radius 3 is 1.93 bits per heavy atom. The lowest BCUT2D eigenvalue weighted by Gasteiger charge is -2.39. The van der Waals surface area contributed by atoms with E-state index in [4.69, 9.17) is 5.10 Å². The van der Waals surface area contributed by atoms with E-state index < -0.39 is 0 Å². The van der Waals surface area contributed by atoms with Gasteiger partial charge in [-0.2, -0.15) is 5.10 Å². The van der Waals surface area contributed by atoms with Crippen molar-refractivity contribution in [2.24, 2.45) is 0 Å². The lowest BCUT2D eigenvalue weighted by Crippen LogP contribution is -2.49. The highest BCUT2D eigenvalue weighted by Gasteiger charge is 2.26. The van der Waals surface area contributed by atoms with Crippen LogP contribution < -0.4 is 10.2 Å². The number of anilines is 1. The Hall–Kier alpha value is -4.23. The fourth-order valence-corrected chi connectivity index (χ4v) is 7.09. The first-order valence-corrected chi connectivity index (χ1v) is 17.1. The highest BCUT2D eigenvalue weighted by atomic mass is 15.3. The van der Waals surface area contributed by atoms with E-state index >= 15 is 0 Å². The molecule has 3 heterocycles. The van der Waals surface area contributed by atoms with Gasteiger partial charge in [0.2, 0.25) is 0 Å². The van der Waals surface area contributed by atoms with E-state index in [1.54, 1.807) is 0 Å². The van der Waals surface area contributed by atoms with Gasteiger partial charge in [0.1, 0.15) is 0 Å². The van der Waals surface area contributed by atoms with Gasteiger partial charge in [0, 0.05) is 76.4 Å². The molecule has 7 rings (SSSR count). The maximum Gasteiger partial charge on any atom is 0.0845 e. The molecule has 46 heavy (non-hydrogen) atoms. The zero-order chi connectivity index (χ0) is 31.0. The van der Waals surface area contributed by atoms with Gasteiger partial charge in [0.25, 0.3) is 0 Å². The molecule has 0 spiro atoms. The highest BCUT2D eigenvalue weighted by Crippen LogP contribution is 2.31. The summed E-state index contributed by atoms with van der Waals surface area (Å²) in [7, 11) is 0. The molecule has 0 saturated carbocycles. The van der Waals surface area contributed by atoms with Crippen molar-refractivity contribution in [3.63, 3.8) is 0 Å². The number of rotatable bonds is 11. The summed E-state index contributed by atoms with van der Waals surface area (Å²) in [6.07, 6.45) is 6.10. The van der Waals surface area contributed by atoms with Gasteiger partial charge in [0.05, 0.1) is 17.4 Å². The standard InChI is InChI=1S/C40H46N6/c1-5-14-33(15-6-1)40(34-16-7-2-8-17-34)45-28-26-43(27-29-45)25-22-41-31-39-38(32-46(42-39)36-19-9-3-10-20-36)35-18-13-21-37(30-35)44-23-11-4-12-24-44/h1-3,5-10,13-21,30,32,40-41H,4,11-12,22-29,31H2. The number of para-hydroxylation sites is 1. The molecule has 5 aromatic rings. The van der Waals surface area contributed by atoms with Gasteiger partial charge >= 0.3 is 0 Å². The lowest BCUT2D eigenvalue weighted by molar-refractivity contribution is 0.110. The maximum atomic E-state index is 5.09. The minimum absolute atomic E-state index is 0.300. The number of benzene rings is 4. The van der Waals surface area contributed by atoms with Gasteiger partial charge in [-0.05, 0) is 60.2 Å². The zero-order valence-electron chi connectivity index (χ0n) is 26.8. The molecule has 2 aliphatic rings. The van der Waals surface area contributed by atoms with Crippen LogP contribution in [0, 0.1) is 0 Å². The van der Waals surface area contributed by atoms with Crippen molar-refractivity contribution in [2.45, 2.75) is 31.8 Å². The topological polar surface area (TPSA) is 39.6 Å². The van der Waals surface area contributed by atoms with Crippen LogP contribution in [0.15, 0.2) is 121 Å². The molecule has 2 fully saturated rings. The summed E-state index contributed by atoms with van der Waals surface area (Å²) in [5.74, 6) is 0. The molecule has 0 unspecified atom stereocenters. The van der Waals surface area contributed by atoms with Gasteiger partial charge in [-0.25, -0.2) is 4.68 Å². The third-order valence-electron chi connectivity index (χ3n) is 9.59. The number of piperazine rings is 1. The Morgan fingerprint density at radius 1 is 0.630 bits per heavy atom. The van der Waals surface area contributed by atoms with Gasteiger partial charge in [0.15, 0.2) is 0 Å². The molecule has 1 N–H and O–H groups in total. The average Bonchev–Trinajstić information content (AvgIpc) is 3.57. The molecule has 2 aliphatic heterocycles. The van der Waals surface area contributed by atoms with Crippen molar-refractivity contribution in [3.05, 3.63) is 138 Å². The van der Waals surface area contributed by atoms with Crippen molar-refractivity contribution in [1.29, 1.82) is 0 Å². The van der Waals surface area contributed by atoms with E-state index in [2.05, 4.69) is 141 Å². The minimum atomic E-state index is 0.300. The number of nitrogens with one attached hydrogen (secondary N) is 1. The molecule has 1 aromatic heterocycles. The Bertz CT molecular complexity index is 1600. The quantitative estimate of drug-likeness (QED) is 0.163. The Morgan fingerprint density at radius 2 is 1.26 bits per heavy atom. The SMILES string of the molecule is c1ccc(C(c2ccccc2)N2CCN(CCNCc3nn(-c4ccccc4)cc3-c3cccc(N4CCCCC4)c3)CC2)cc1. The normalized spacial score (nSPS) is 16.2. The van der Waals surface area contributed by atoms with Crippen LogP contribution in [0.4, 0.5) is 5.69 Å². The van der Waals surface area contributed by atoms with E-state index in [1.165, 1.54) is 47.2 Å². The number of hydrogen-bond acceptors (Lipinski definition) is 5. The number of hydrogen-bond donors (Lipinski definition) is 1. The van der Waals surface area contributed by atoms with Crippen LogP contribution in [0.5, 0.6) is 0 Å². The van der Waals surface area contributed by atoms with E-state index in [-0.39, 0.29) is 0 Å². The fourth-order valence-electron chi connectivity index (χ4n) is 7.09. The molecule has 4 aromatic carbocycles. The first kappa shape index (κ1) is 30.4. The predicted octanol–water partition coefficient (Wildman–Crippen LogP) is 7.03. The highest BCUT2D eigenvalue weighted by molar-refractivity contribution is 5.70. The largest absolute Gasteiger partial charge is 0.372 e. The molecule has 2 saturated heterocycles. The van der Waals surface area contributed by atoms with Crippen molar-refractivity contribution in [3.8, 4) is 16.8 Å². The third-order valence-corrected chi connectivity index (χ3v) is 9.59. The molecule has 236 valence electrons. The molecule has 6 nitrogen and oxygen atoms in total. The third kappa shape index (κ3) is 7.26. The molecule has 0 aliphatic carbocycles. The van der Waals surface area contributed by atoms with Crippen LogP contribution in [0.2, 0.25) is 0 Å². The van der Waals surface area contributed by atoms with E-state index in [9.17, 15) is 0 Å². The summed E-state index contributed by atoms with van der Waals surface area (Å²) < 4.78 is 2.04. The monoisotopic (exact) mass is 610 g/mol. The minimum Gasteiger partial charge on any atom is -0.372 e. The summed E-state index contributed by atoms with van der Waals surface area (Å²) in [5, 5.41) is 8.84. The van der Waals surface area contributed by atoms with Crippen LogP contribution in [-0.4, -0.2) is 71.9 Å². The second-order valence-corrected chi connectivity index (χ2v) is 12.6. The summed E-state index contributed by atoms with van der Waals surface area (Å²) in [5.41, 5.74) is 8.69. The van der Waals surface area contributed by atoms with Gasteiger partial charge in [-0.1, -0.05) is 91.0 Å².